The van der Waals surface area contributed by atoms with Crippen LogP contribution < -0.4 is 4.74 Å². The molecule has 1 unspecified atom stereocenters. The predicted molar refractivity (Wildman–Crippen MR) is 84.4 cm³/mol. The van der Waals surface area contributed by atoms with Crippen LogP contribution in [0.25, 0.3) is 0 Å². The minimum atomic E-state index is -1.69. The third kappa shape index (κ3) is 4.22. The van der Waals surface area contributed by atoms with Crippen molar-refractivity contribution in [1.82, 2.24) is 4.90 Å². The van der Waals surface area contributed by atoms with Gasteiger partial charge < -0.3 is 9.64 Å². The Bertz CT molecular complexity index is 757. The molecule has 3 nitrogen and oxygen atoms in total. The van der Waals surface area contributed by atoms with E-state index >= 15 is 0 Å². The number of carbonyl (C=O) groups is 1. The average Bonchev–Trinajstić information content (AvgIpc) is 2.59. The summed E-state index contributed by atoms with van der Waals surface area (Å²) in [5.41, 5.74) is 0.773. The molecule has 0 saturated heterocycles. The second-order valence-corrected chi connectivity index (χ2v) is 5.75. The second-order valence-electron chi connectivity index (χ2n) is 5.32. The maximum absolute atomic E-state index is 13.5. The molecule has 0 aliphatic carbocycles. The molecule has 0 heterocycles. The first-order valence-corrected chi connectivity index (χ1v) is 7.57. The normalized spacial score (nSPS) is 12.0. The lowest BCUT2D eigenvalue weighted by Gasteiger charge is -2.25. The molecule has 2 aromatic rings. The van der Waals surface area contributed by atoms with Crippen LogP contribution in [0.2, 0.25) is 5.02 Å². The predicted octanol–water partition coefficient (Wildman–Crippen LogP) is 4.49. The summed E-state index contributed by atoms with van der Waals surface area (Å²) in [4.78, 5) is 13.4. The SMILES string of the molecule is CC(c1ccc(Cl)cc1)N(C)C(=O)COc1c(F)c(F)cc(F)c1F. The summed E-state index contributed by atoms with van der Waals surface area (Å²) < 4.78 is 57.9. The first kappa shape index (κ1) is 19.1. The standard InChI is InChI=1S/C17H14ClF4NO2/c1-9(10-3-5-11(18)6-4-10)23(2)14(24)8-25-17-15(21)12(19)7-13(20)16(17)22/h3-7,9H,8H2,1-2H3. The fourth-order valence-electron chi connectivity index (χ4n) is 2.09. The molecule has 134 valence electrons. The Kier molecular flexibility index (Phi) is 5.89. The summed E-state index contributed by atoms with van der Waals surface area (Å²) in [6.45, 7) is 0.940. The minimum absolute atomic E-state index is 0.0636. The highest BCUT2D eigenvalue weighted by molar-refractivity contribution is 6.30. The highest BCUT2D eigenvalue weighted by atomic mass is 35.5. The Morgan fingerprint density at radius 1 is 1.12 bits per heavy atom. The van der Waals surface area contributed by atoms with Crippen LogP contribution in [0.1, 0.15) is 18.5 Å². The smallest absolute Gasteiger partial charge is 0.260 e. The zero-order valence-corrected chi connectivity index (χ0v) is 14.1. The molecule has 0 aromatic heterocycles. The Morgan fingerprint density at radius 3 is 2.16 bits per heavy atom. The van der Waals surface area contributed by atoms with Crippen LogP contribution in [-0.2, 0) is 4.79 Å². The van der Waals surface area contributed by atoms with Crippen LogP contribution in [0.5, 0.6) is 5.75 Å². The molecule has 0 aliphatic rings. The molecule has 0 saturated carbocycles. The van der Waals surface area contributed by atoms with E-state index in [0.29, 0.717) is 5.02 Å². The van der Waals surface area contributed by atoms with Crippen LogP contribution in [0.4, 0.5) is 17.6 Å². The number of amides is 1. The number of hydrogen-bond donors (Lipinski definition) is 0. The number of likely N-dealkylation sites (N-methyl/N-ethyl adjacent to an activating group) is 1. The van der Waals surface area contributed by atoms with Crippen LogP contribution in [0.3, 0.4) is 0 Å². The van der Waals surface area contributed by atoms with Gasteiger partial charge in [0.1, 0.15) is 0 Å². The maximum atomic E-state index is 13.5. The Labute approximate surface area is 146 Å². The van der Waals surface area contributed by atoms with E-state index < -0.39 is 41.5 Å². The molecule has 0 fully saturated rings. The third-order valence-electron chi connectivity index (χ3n) is 3.74. The van der Waals surface area contributed by atoms with Gasteiger partial charge in [-0.2, -0.15) is 8.78 Å². The summed E-state index contributed by atoms with van der Waals surface area (Å²) in [5.74, 6) is -8.50. The first-order valence-electron chi connectivity index (χ1n) is 7.19. The van der Waals surface area contributed by atoms with Crippen molar-refractivity contribution in [3.63, 3.8) is 0 Å². The zero-order valence-electron chi connectivity index (χ0n) is 13.3. The molecule has 1 amide bonds. The number of nitrogens with zero attached hydrogens (tertiary/aromatic N) is 1. The molecule has 0 spiro atoms. The Hall–Kier alpha value is -2.28. The molecule has 0 aliphatic heterocycles. The third-order valence-corrected chi connectivity index (χ3v) is 3.99. The maximum Gasteiger partial charge on any atom is 0.260 e. The van der Waals surface area contributed by atoms with E-state index in [9.17, 15) is 22.4 Å². The summed E-state index contributed by atoms with van der Waals surface area (Å²) in [6, 6.07) is 6.43. The Morgan fingerprint density at radius 2 is 1.64 bits per heavy atom. The number of ether oxygens (including phenoxy) is 1. The van der Waals surface area contributed by atoms with E-state index in [-0.39, 0.29) is 12.1 Å². The van der Waals surface area contributed by atoms with Crippen molar-refractivity contribution in [3.8, 4) is 5.75 Å². The molecule has 25 heavy (non-hydrogen) atoms. The minimum Gasteiger partial charge on any atom is -0.477 e. The van der Waals surface area contributed by atoms with Crippen molar-refractivity contribution in [2.75, 3.05) is 13.7 Å². The molecule has 2 rings (SSSR count). The molecule has 0 bridgehead atoms. The topological polar surface area (TPSA) is 29.5 Å². The number of halogens is 5. The van der Waals surface area contributed by atoms with E-state index in [1.54, 1.807) is 31.2 Å². The van der Waals surface area contributed by atoms with Crippen molar-refractivity contribution in [2.24, 2.45) is 0 Å². The van der Waals surface area contributed by atoms with Crippen LogP contribution >= 0.6 is 11.6 Å². The molecular formula is C17H14ClF4NO2. The number of carbonyl (C=O) groups excluding carboxylic acids is 1. The lowest BCUT2D eigenvalue weighted by atomic mass is 10.1. The summed E-state index contributed by atoms with van der Waals surface area (Å²) in [7, 11) is 1.46. The van der Waals surface area contributed by atoms with Crippen molar-refractivity contribution in [3.05, 3.63) is 64.2 Å². The van der Waals surface area contributed by atoms with Crippen molar-refractivity contribution in [1.29, 1.82) is 0 Å². The van der Waals surface area contributed by atoms with E-state index in [2.05, 4.69) is 4.74 Å². The highest BCUT2D eigenvalue weighted by Gasteiger charge is 2.23. The van der Waals surface area contributed by atoms with E-state index in [1.165, 1.54) is 11.9 Å². The summed E-state index contributed by atoms with van der Waals surface area (Å²) in [6.07, 6.45) is 0. The summed E-state index contributed by atoms with van der Waals surface area (Å²) in [5, 5.41) is 0.535. The summed E-state index contributed by atoms with van der Waals surface area (Å²) >= 11 is 5.80. The quantitative estimate of drug-likeness (QED) is 0.569. The molecule has 2 aromatic carbocycles. The van der Waals surface area contributed by atoms with Crippen molar-refractivity contribution >= 4 is 17.5 Å². The van der Waals surface area contributed by atoms with Gasteiger partial charge >= 0.3 is 0 Å². The first-order chi connectivity index (χ1) is 11.7. The molecule has 0 radical (unpaired) electrons. The van der Waals surface area contributed by atoms with Crippen molar-refractivity contribution < 1.29 is 27.1 Å². The zero-order chi connectivity index (χ0) is 18.7. The van der Waals surface area contributed by atoms with Gasteiger partial charge in [-0.15, -0.1) is 0 Å². The van der Waals surface area contributed by atoms with Gasteiger partial charge in [-0.25, -0.2) is 8.78 Å². The Balaban J connectivity index is 2.08. The lowest BCUT2D eigenvalue weighted by molar-refractivity contribution is -0.134. The number of rotatable bonds is 5. The number of hydrogen-bond acceptors (Lipinski definition) is 2. The van der Waals surface area contributed by atoms with Gasteiger partial charge in [-0.1, -0.05) is 23.7 Å². The van der Waals surface area contributed by atoms with Crippen molar-refractivity contribution in [2.45, 2.75) is 13.0 Å². The van der Waals surface area contributed by atoms with E-state index in [4.69, 9.17) is 11.6 Å². The lowest BCUT2D eigenvalue weighted by Crippen LogP contribution is -2.33. The van der Waals surface area contributed by atoms with Crippen LogP contribution in [-0.4, -0.2) is 24.5 Å². The van der Waals surface area contributed by atoms with Gasteiger partial charge in [-0.05, 0) is 24.6 Å². The van der Waals surface area contributed by atoms with Gasteiger partial charge in [0.05, 0.1) is 6.04 Å². The highest BCUT2D eigenvalue weighted by Crippen LogP contribution is 2.27. The average molecular weight is 376 g/mol. The van der Waals surface area contributed by atoms with Crippen LogP contribution in [0, 0.1) is 23.3 Å². The molecule has 8 heteroatoms. The molecule has 1 atom stereocenters. The van der Waals surface area contributed by atoms with Gasteiger partial charge in [0.25, 0.3) is 5.91 Å². The van der Waals surface area contributed by atoms with Gasteiger partial charge in [0, 0.05) is 18.1 Å². The fraction of sp³-hybridized carbons (Fsp3) is 0.235. The van der Waals surface area contributed by atoms with E-state index in [0.717, 1.165) is 5.56 Å². The monoisotopic (exact) mass is 375 g/mol. The number of benzene rings is 2. The van der Waals surface area contributed by atoms with Gasteiger partial charge in [-0.3, -0.25) is 4.79 Å². The second kappa shape index (κ2) is 7.74. The molecule has 0 N–H and O–H groups in total. The largest absolute Gasteiger partial charge is 0.477 e. The molecular weight excluding hydrogens is 362 g/mol. The fourth-order valence-corrected chi connectivity index (χ4v) is 2.22. The van der Waals surface area contributed by atoms with Gasteiger partial charge in [0.15, 0.2) is 24.0 Å². The van der Waals surface area contributed by atoms with Crippen LogP contribution in [0.15, 0.2) is 30.3 Å². The van der Waals surface area contributed by atoms with Gasteiger partial charge in [0.2, 0.25) is 11.6 Å². The van der Waals surface area contributed by atoms with E-state index in [1.807, 2.05) is 0 Å².